The number of likely N-dealkylation sites (N-methyl/N-ethyl adjacent to an activating group) is 2. The Morgan fingerprint density at radius 2 is 0.690 bits per heavy atom. The summed E-state index contributed by atoms with van der Waals surface area (Å²) in [7, 11) is 0. The predicted octanol–water partition coefficient (Wildman–Crippen LogP) is 4.80. The second-order valence-electron chi connectivity index (χ2n) is 9.03. The molecule has 0 spiro atoms. The molecule has 4 heteroatoms. The second kappa shape index (κ2) is 18.6. The van der Waals surface area contributed by atoms with E-state index in [0.29, 0.717) is 0 Å². The van der Waals surface area contributed by atoms with E-state index in [1.165, 1.54) is 136 Å². The van der Waals surface area contributed by atoms with Crippen molar-refractivity contribution in [2.45, 2.75) is 85.5 Å². The molecule has 2 aliphatic heterocycles. The molecule has 0 unspecified atom stereocenters. The van der Waals surface area contributed by atoms with Crippen molar-refractivity contribution in [3.05, 3.63) is 0 Å². The van der Waals surface area contributed by atoms with Crippen LogP contribution in [0.2, 0.25) is 0 Å². The summed E-state index contributed by atoms with van der Waals surface area (Å²) < 4.78 is 0. The third-order valence-electron chi connectivity index (χ3n) is 6.73. The van der Waals surface area contributed by atoms with Crippen molar-refractivity contribution in [3.63, 3.8) is 0 Å². The van der Waals surface area contributed by atoms with E-state index in [0.717, 1.165) is 0 Å². The van der Waals surface area contributed by atoms with Crippen LogP contribution in [0, 0.1) is 0 Å². The second-order valence-corrected chi connectivity index (χ2v) is 9.03. The molecule has 0 amide bonds. The number of piperazine rings is 2. The van der Waals surface area contributed by atoms with Crippen molar-refractivity contribution in [2.75, 3.05) is 78.5 Å². The summed E-state index contributed by atoms with van der Waals surface area (Å²) in [6.07, 6.45) is 12.6. The summed E-state index contributed by atoms with van der Waals surface area (Å²) >= 11 is 0. The Kier molecular flexibility index (Phi) is 17.2. The Bertz CT molecular complexity index is 334. The van der Waals surface area contributed by atoms with E-state index in [2.05, 4.69) is 47.3 Å². The quantitative estimate of drug-likeness (QED) is 0.404. The van der Waals surface area contributed by atoms with Gasteiger partial charge in [-0.3, -0.25) is 0 Å². The molecule has 0 N–H and O–H groups in total. The number of hydrogen-bond donors (Lipinski definition) is 0. The fourth-order valence-electron chi connectivity index (χ4n) is 4.36. The van der Waals surface area contributed by atoms with Gasteiger partial charge in [-0.1, -0.05) is 72.6 Å². The van der Waals surface area contributed by atoms with Crippen LogP contribution in [0.5, 0.6) is 0 Å². The average molecular weight is 411 g/mol. The molecule has 0 atom stereocenters. The molecule has 0 radical (unpaired) electrons. The first-order valence-corrected chi connectivity index (χ1v) is 13.1. The van der Waals surface area contributed by atoms with Crippen molar-refractivity contribution in [3.8, 4) is 0 Å². The molecular weight excluding hydrogens is 356 g/mol. The summed E-state index contributed by atoms with van der Waals surface area (Å²) in [6, 6.07) is 0. The summed E-state index contributed by atoms with van der Waals surface area (Å²) in [5.74, 6) is 0. The summed E-state index contributed by atoms with van der Waals surface area (Å²) in [5, 5.41) is 0. The van der Waals surface area contributed by atoms with Gasteiger partial charge in [0, 0.05) is 52.4 Å². The molecule has 2 heterocycles. The van der Waals surface area contributed by atoms with Crippen molar-refractivity contribution < 1.29 is 0 Å². The molecule has 4 nitrogen and oxygen atoms in total. The van der Waals surface area contributed by atoms with E-state index in [-0.39, 0.29) is 0 Å². The largest absolute Gasteiger partial charge is 0.301 e. The van der Waals surface area contributed by atoms with Crippen LogP contribution in [0.25, 0.3) is 0 Å². The van der Waals surface area contributed by atoms with Gasteiger partial charge in [0.15, 0.2) is 0 Å². The van der Waals surface area contributed by atoms with Gasteiger partial charge in [0.25, 0.3) is 0 Å². The topological polar surface area (TPSA) is 13.0 Å². The van der Waals surface area contributed by atoms with Crippen molar-refractivity contribution >= 4 is 0 Å². The highest BCUT2D eigenvalue weighted by Gasteiger charge is 2.15. The average Bonchev–Trinajstić information content (AvgIpc) is 2.78. The maximum absolute atomic E-state index is 2.64. The first kappa shape index (κ1) is 26.9. The van der Waals surface area contributed by atoms with Crippen LogP contribution in [0.15, 0.2) is 0 Å². The summed E-state index contributed by atoms with van der Waals surface area (Å²) in [6.45, 7) is 24.5. The van der Waals surface area contributed by atoms with Gasteiger partial charge in [0.05, 0.1) is 0 Å². The maximum Gasteiger partial charge on any atom is 0.0110 e. The van der Waals surface area contributed by atoms with Crippen molar-refractivity contribution in [2.24, 2.45) is 0 Å². The van der Waals surface area contributed by atoms with Crippen LogP contribution in [0.4, 0.5) is 0 Å². The minimum Gasteiger partial charge on any atom is -0.301 e. The van der Waals surface area contributed by atoms with Crippen molar-refractivity contribution in [1.29, 1.82) is 0 Å². The Hall–Kier alpha value is -0.160. The third-order valence-corrected chi connectivity index (χ3v) is 6.73. The first-order chi connectivity index (χ1) is 14.2. The van der Waals surface area contributed by atoms with Gasteiger partial charge in [-0.2, -0.15) is 0 Å². The zero-order chi connectivity index (χ0) is 21.2. The predicted molar refractivity (Wildman–Crippen MR) is 130 cm³/mol. The molecule has 2 rings (SSSR count). The lowest BCUT2D eigenvalue weighted by molar-refractivity contribution is 0.135. The Labute approximate surface area is 184 Å². The van der Waals surface area contributed by atoms with Gasteiger partial charge in [0.2, 0.25) is 0 Å². The van der Waals surface area contributed by atoms with Gasteiger partial charge in [-0.25, -0.2) is 0 Å². The number of hydrogen-bond acceptors (Lipinski definition) is 4. The molecule has 2 aliphatic rings. The molecule has 0 aliphatic carbocycles. The standard InChI is InChI=1S/C13H28N2.C12H26N2/c1-3-5-6-7-8-9-15-12-10-14(4-2)11-13-15;1-3-5-6-7-8-14-11-9-13(4-2)10-12-14/h3-13H2,1-2H3;3-12H2,1-2H3. The zero-order valence-electron chi connectivity index (χ0n) is 20.6. The fourth-order valence-corrected chi connectivity index (χ4v) is 4.36. The number of nitrogens with zero attached hydrogens (tertiary/aromatic N) is 4. The smallest absolute Gasteiger partial charge is 0.0110 e. The molecule has 2 saturated heterocycles. The maximum atomic E-state index is 2.64. The van der Waals surface area contributed by atoms with Gasteiger partial charge in [0.1, 0.15) is 0 Å². The van der Waals surface area contributed by atoms with Crippen LogP contribution in [-0.4, -0.2) is 98.1 Å². The number of rotatable bonds is 13. The highest BCUT2D eigenvalue weighted by molar-refractivity contribution is 4.71. The van der Waals surface area contributed by atoms with Gasteiger partial charge < -0.3 is 19.6 Å². The lowest BCUT2D eigenvalue weighted by atomic mass is 10.1. The third kappa shape index (κ3) is 13.7. The monoisotopic (exact) mass is 410 g/mol. The van der Waals surface area contributed by atoms with Crippen LogP contribution < -0.4 is 0 Å². The van der Waals surface area contributed by atoms with E-state index < -0.39 is 0 Å². The minimum atomic E-state index is 1.23. The van der Waals surface area contributed by atoms with E-state index in [4.69, 9.17) is 0 Å². The lowest BCUT2D eigenvalue weighted by Crippen LogP contribution is -2.46. The first-order valence-electron chi connectivity index (χ1n) is 13.1. The Morgan fingerprint density at radius 1 is 0.379 bits per heavy atom. The molecule has 174 valence electrons. The van der Waals surface area contributed by atoms with Gasteiger partial charge in [-0.05, 0) is 39.0 Å². The van der Waals surface area contributed by atoms with Crippen LogP contribution in [0.1, 0.15) is 85.5 Å². The molecule has 0 saturated carbocycles. The van der Waals surface area contributed by atoms with E-state index in [1.807, 2.05) is 0 Å². The molecular formula is C25H54N4. The molecule has 0 aromatic heterocycles. The van der Waals surface area contributed by atoms with E-state index >= 15 is 0 Å². The normalized spacial score (nSPS) is 19.9. The van der Waals surface area contributed by atoms with Crippen LogP contribution in [-0.2, 0) is 0 Å². The summed E-state index contributed by atoms with van der Waals surface area (Å²) in [5.41, 5.74) is 0. The molecule has 0 bridgehead atoms. The SMILES string of the molecule is CCCCCCCN1CCN(CC)CC1.CCCCCCN1CCN(CC)CC1. The molecule has 0 aromatic rings. The zero-order valence-corrected chi connectivity index (χ0v) is 20.6. The Morgan fingerprint density at radius 3 is 1.03 bits per heavy atom. The highest BCUT2D eigenvalue weighted by atomic mass is 15.3. The molecule has 0 aromatic carbocycles. The molecule has 2 fully saturated rings. The summed E-state index contributed by atoms with van der Waals surface area (Å²) in [4.78, 5) is 10.4. The van der Waals surface area contributed by atoms with Gasteiger partial charge in [-0.15, -0.1) is 0 Å². The van der Waals surface area contributed by atoms with E-state index in [9.17, 15) is 0 Å². The van der Waals surface area contributed by atoms with Crippen molar-refractivity contribution in [1.82, 2.24) is 19.6 Å². The van der Waals surface area contributed by atoms with Crippen LogP contribution in [0.3, 0.4) is 0 Å². The highest BCUT2D eigenvalue weighted by Crippen LogP contribution is 2.07. The fraction of sp³-hybridized carbons (Fsp3) is 1.00. The minimum absolute atomic E-state index is 1.23. The number of unbranched alkanes of at least 4 members (excludes halogenated alkanes) is 7. The lowest BCUT2D eigenvalue weighted by Gasteiger charge is -2.33. The van der Waals surface area contributed by atoms with Crippen LogP contribution >= 0.6 is 0 Å². The van der Waals surface area contributed by atoms with E-state index in [1.54, 1.807) is 0 Å². The molecule has 29 heavy (non-hydrogen) atoms. The Balaban J connectivity index is 0.000000291. The van der Waals surface area contributed by atoms with Gasteiger partial charge >= 0.3 is 0 Å².